The Morgan fingerprint density at radius 2 is 1.78 bits per heavy atom. The molecule has 0 atom stereocenters. The molecule has 0 aliphatic carbocycles. The Morgan fingerprint density at radius 1 is 1.06 bits per heavy atom. The van der Waals surface area contributed by atoms with Gasteiger partial charge in [0.2, 0.25) is 11.6 Å². The number of anilines is 1. The van der Waals surface area contributed by atoms with Gasteiger partial charge in [0.15, 0.2) is 15.7 Å². The van der Waals surface area contributed by atoms with Gasteiger partial charge in [-0.15, -0.1) is 0 Å². The molecule has 0 saturated carbocycles. The SMILES string of the molecule is CC(=O)N1CCN(c2cc3c(-c4cn(C5CS(=O)(=O)C5)nc4-c4ccc(F)cc4)ncnc3o2)CC1. The summed E-state index contributed by atoms with van der Waals surface area (Å²) in [4.78, 5) is 24.4. The summed E-state index contributed by atoms with van der Waals surface area (Å²) in [6, 6.07) is 7.61. The maximum Gasteiger partial charge on any atom is 0.232 e. The van der Waals surface area contributed by atoms with E-state index in [1.165, 1.54) is 18.5 Å². The topological polar surface area (TPSA) is 114 Å². The molecule has 36 heavy (non-hydrogen) atoms. The summed E-state index contributed by atoms with van der Waals surface area (Å²) in [5, 5.41) is 5.38. The van der Waals surface area contributed by atoms with Gasteiger partial charge in [-0.3, -0.25) is 9.48 Å². The standard InChI is InChI=1S/C24H23FN6O4S/c1-15(32)29-6-8-30(9-7-29)21-10-19-23(26-14-27-24(19)35-21)20-11-31(18-12-36(33,34)13-18)28-22(20)16-2-4-17(25)5-3-16/h2-5,10-11,14,18H,6-9,12-13H2,1H3. The summed E-state index contributed by atoms with van der Waals surface area (Å²) >= 11 is 0. The summed E-state index contributed by atoms with van der Waals surface area (Å²) in [7, 11) is -3.05. The zero-order valence-corrected chi connectivity index (χ0v) is 20.3. The van der Waals surface area contributed by atoms with Crippen molar-refractivity contribution in [3.8, 4) is 22.5 Å². The first kappa shape index (κ1) is 22.7. The largest absolute Gasteiger partial charge is 0.422 e. The van der Waals surface area contributed by atoms with E-state index in [1.54, 1.807) is 34.8 Å². The number of hydrogen-bond acceptors (Lipinski definition) is 8. The number of benzene rings is 1. The summed E-state index contributed by atoms with van der Waals surface area (Å²) in [5.74, 6) is 0.377. The van der Waals surface area contributed by atoms with Gasteiger partial charge >= 0.3 is 0 Å². The van der Waals surface area contributed by atoms with E-state index < -0.39 is 9.84 Å². The van der Waals surface area contributed by atoms with E-state index in [0.717, 1.165) is 0 Å². The average molecular weight is 511 g/mol. The number of piperazine rings is 1. The summed E-state index contributed by atoms with van der Waals surface area (Å²) in [6.45, 7) is 4.05. The fraction of sp³-hybridized carbons (Fsp3) is 0.333. The Morgan fingerprint density at radius 3 is 2.44 bits per heavy atom. The molecule has 4 aromatic rings. The lowest BCUT2D eigenvalue weighted by Crippen LogP contribution is -2.48. The molecule has 2 fully saturated rings. The molecule has 0 unspecified atom stereocenters. The number of furan rings is 1. The fourth-order valence-corrected chi connectivity index (χ4v) is 6.10. The van der Waals surface area contributed by atoms with Crippen LogP contribution in [0.3, 0.4) is 0 Å². The molecule has 6 rings (SSSR count). The maximum absolute atomic E-state index is 13.6. The van der Waals surface area contributed by atoms with Gasteiger partial charge < -0.3 is 14.2 Å². The van der Waals surface area contributed by atoms with E-state index in [9.17, 15) is 17.6 Å². The van der Waals surface area contributed by atoms with Gasteiger partial charge in [-0.1, -0.05) is 0 Å². The average Bonchev–Trinajstić information content (AvgIpc) is 3.48. The van der Waals surface area contributed by atoms with Crippen molar-refractivity contribution in [3.63, 3.8) is 0 Å². The van der Waals surface area contributed by atoms with Crippen molar-refractivity contribution in [2.24, 2.45) is 0 Å². The number of sulfone groups is 1. The van der Waals surface area contributed by atoms with Crippen LogP contribution in [-0.2, 0) is 14.6 Å². The van der Waals surface area contributed by atoms with E-state index in [2.05, 4.69) is 14.9 Å². The third-order valence-electron chi connectivity index (χ3n) is 6.72. The van der Waals surface area contributed by atoms with Crippen molar-refractivity contribution < 1.29 is 22.0 Å². The first-order valence-corrected chi connectivity index (χ1v) is 13.4. The third-order valence-corrected chi connectivity index (χ3v) is 8.51. The van der Waals surface area contributed by atoms with E-state index in [1.807, 2.05) is 6.07 Å². The highest BCUT2D eigenvalue weighted by molar-refractivity contribution is 7.92. The molecule has 186 valence electrons. The van der Waals surface area contributed by atoms with Crippen molar-refractivity contribution in [1.29, 1.82) is 0 Å². The molecular weight excluding hydrogens is 487 g/mol. The predicted octanol–water partition coefficient (Wildman–Crippen LogP) is 2.53. The highest BCUT2D eigenvalue weighted by Crippen LogP contribution is 2.38. The summed E-state index contributed by atoms with van der Waals surface area (Å²) < 4.78 is 44.9. The lowest BCUT2D eigenvalue weighted by atomic mass is 10.0. The second-order valence-electron chi connectivity index (χ2n) is 9.13. The Balaban J connectivity index is 1.41. The second-order valence-corrected chi connectivity index (χ2v) is 11.3. The number of hydrogen-bond donors (Lipinski definition) is 0. The first-order valence-electron chi connectivity index (χ1n) is 11.6. The van der Waals surface area contributed by atoms with Crippen molar-refractivity contribution >= 4 is 32.7 Å². The molecule has 1 amide bonds. The van der Waals surface area contributed by atoms with Crippen molar-refractivity contribution in [2.45, 2.75) is 13.0 Å². The maximum atomic E-state index is 13.6. The van der Waals surface area contributed by atoms with Crippen molar-refractivity contribution in [2.75, 3.05) is 42.6 Å². The number of carbonyl (C=O) groups excluding carboxylic acids is 1. The van der Waals surface area contributed by atoms with Gasteiger partial charge in [-0.25, -0.2) is 22.8 Å². The quantitative estimate of drug-likeness (QED) is 0.412. The highest BCUT2D eigenvalue weighted by Gasteiger charge is 2.36. The molecule has 0 spiro atoms. The van der Waals surface area contributed by atoms with Crippen molar-refractivity contribution in [3.05, 3.63) is 48.7 Å². The van der Waals surface area contributed by atoms with Crippen LogP contribution in [0.2, 0.25) is 0 Å². The number of fused-ring (bicyclic) bond motifs is 1. The number of halogens is 1. The molecule has 0 radical (unpaired) electrons. The van der Waals surface area contributed by atoms with Gasteiger partial charge in [0.1, 0.15) is 17.8 Å². The minimum Gasteiger partial charge on any atom is -0.422 e. The van der Waals surface area contributed by atoms with Crippen LogP contribution in [0.1, 0.15) is 13.0 Å². The number of rotatable bonds is 4. The smallest absolute Gasteiger partial charge is 0.232 e. The van der Waals surface area contributed by atoms with Crippen LogP contribution in [0.15, 0.2) is 47.3 Å². The minimum absolute atomic E-state index is 0.0261. The van der Waals surface area contributed by atoms with Crippen LogP contribution in [-0.4, -0.2) is 76.7 Å². The van der Waals surface area contributed by atoms with Gasteiger partial charge in [0, 0.05) is 56.5 Å². The van der Waals surface area contributed by atoms with Gasteiger partial charge in [-0.05, 0) is 24.3 Å². The third kappa shape index (κ3) is 4.00. The molecule has 12 heteroatoms. The molecule has 5 heterocycles. The summed E-state index contributed by atoms with van der Waals surface area (Å²) in [6.07, 6.45) is 3.20. The monoisotopic (exact) mass is 510 g/mol. The fourth-order valence-electron chi connectivity index (χ4n) is 4.72. The molecule has 10 nitrogen and oxygen atoms in total. The van der Waals surface area contributed by atoms with E-state index in [0.29, 0.717) is 65.7 Å². The highest BCUT2D eigenvalue weighted by atomic mass is 32.2. The predicted molar refractivity (Wildman–Crippen MR) is 131 cm³/mol. The molecule has 2 aliphatic rings. The Hall–Kier alpha value is -3.80. The van der Waals surface area contributed by atoms with Crippen molar-refractivity contribution in [1.82, 2.24) is 24.6 Å². The van der Waals surface area contributed by atoms with Crippen LogP contribution in [0.5, 0.6) is 0 Å². The Bertz CT molecular complexity index is 1560. The Labute approximate surface area is 206 Å². The lowest BCUT2D eigenvalue weighted by Gasteiger charge is -2.33. The number of carbonyl (C=O) groups is 1. The van der Waals surface area contributed by atoms with Crippen LogP contribution in [0.25, 0.3) is 33.6 Å². The van der Waals surface area contributed by atoms with Gasteiger partial charge in [-0.2, -0.15) is 5.10 Å². The van der Waals surface area contributed by atoms with Gasteiger partial charge in [0.25, 0.3) is 0 Å². The first-order chi connectivity index (χ1) is 17.3. The summed E-state index contributed by atoms with van der Waals surface area (Å²) in [5.41, 5.74) is 2.92. The number of nitrogens with zero attached hydrogens (tertiary/aromatic N) is 6. The zero-order chi connectivity index (χ0) is 25.0. The molecule has 3 aromatic heterocycles. The van der Waals surface area contributed by atoms with E-state index >= 15 is 0 Å². The van der Waals surface area contributed by atoms with E-state index in [4.69, 9.17) is 9.52 Å². The number of amides is 1. The molecule has 2 aliphatic heterocycles. The van der Waals surface area contributed by atoms with Crippen LogP contribution in [0.4, 0.5) is 10.3 Å². The van der Waals surface area contributed by atoms with Crippen LogP contribution >= 0.6 is 0 Å². The van der Waals surface area contributed by atoms with Crippen LogP contribution < -0.4 is 4.90 Å². The molecule has 1 aromatic carbocycles. The molecule has 0 N–H and O–H groups in total. The number of aromatic nitrogens is 4. The van der Waals surface area contributed by atoms with Gasteiger partial charge in [0.05, 0.1) is 28.6 Å². The zero-order valence-electron chi connectivity index (χ0n) is 19.5. The van der Waals surface area contributed by atoms with E-state index in [-0.39, 0.29) is 29.3 Å². The lowest BCUT2D eigenvalue weighted by molar-refractivity contribution is -0.129. The molecule has 2 saturated heterocycles. The Kier molecular flexibility index (Phi) is 5.29. The molecular formula is C24H23FN6O4S. The molecule has 0 bridgehead atoms. The van der Waals surface area contributed by atoms with Crippen LogP contribution in [0, 0.1) is 5.82 Å². The normalized spacial score (nSPS) is 17.9. The minimum atomic E-state index is -3.05. The second kappa shape index (κ2) is 8.40.